The molecule has 0 bridgehead atoms. The summed E-state index contributed by atoms with van der Waals surface area (Å²) < 4.78 is 5.46. The first kappa shape index (κ1) is 14.7. The van der Waals surface area contributed by atoms with Crippen LogP contribution in [0.4, 0.5) is 0 Å². The van der Waals surface area contributed by atoms with Crippen molar-refractivity contribution in [3.63, 3.8) is 0 Å². The Hall–Kier alpha value is -0.730. The first-order valence-electron chi connectivity index (χ1n) is 7.09. The maximum absolute atomic E-state index is 6.48. The molecule has 2 unspecified atom stereocenters. The van der Waals surface area contributed by atoms with Crippen molar-refractivity contribution in [2.24, 2.45) is 0 Å². The van der Waals surface area contributed by atoms with Gasteiger partial charge in [0.15, 0.2) is 0 Å². The Bertz CT molecular complexity index is 421. The monoisotopic (exact) mass is 281 g/mol. The summed E-state index contributed by atoms with van der Waals surface area (Å²) in [5.41, 5.74) is 2.52. The van der Waals surface area contributed by atoms with Gasteiger partial charge in [0.25, 0.3) is 0 Å². The van der Waals surface area contributed by atoms with Crippen LogP contribution in [0.1, 0.15) is 36.8 Å². The van der Waals surface area contributed by atoms with Gasteiger partial charge in [-0.2, -0.15) is 0 Å². The third kappa shape index (κ3) is 3.64. The highest BCUT2D eigenvalue weighted by atomic mass is 35.5. The van der Waals surface area contributed by atoms with Gasteiger partial charge in [-0.05, 0) is 32.9 Å². The fourth-order valence-electron chi connectivity index (χ4n) is 2.98. The zero-order chi connectivity index (χ0) is 13.8. The van der Waals surface area contributed by atoms with E-state index in [0.29, 0.717) is 6.04 Å². The molecule has 19 heavy (non-hydrogen) atoms. The number of alkyl halides is 1. The number of benzene rings is 1. The summed E-state index contributed by atoms with van der Waals surface area (Å²) in [5.74, 6) is 0.972. The SMILES string of the molecule is COc1ccc(C)cc1CN(C)C1CCCCC1Cl. The molecule has 1 aliphatic carbocycles. The number of hydrogen-bond acceptors (Lipinski definition) is 2. The second-order valence-electron chi connectivity index (χ2n) is 5.60. The van der Waals surface area contributed by atoms with E-state index in [-0.39, 0.29) is 5.38 Å². The van der Waals surface area contributed by atoms with Crippen molar-refractivity contribution >= 4 is 11.6 Å². The van der Waals surface area contributed by atoms with Gasteiger partial charge >= 0.3 is 0 Å². The number of ether oxygens (including phenoxy) is 1. The minimum absolute atomic E-state index is 0.287. The van der Waals surface area contributed by atoms with Crippen LogP contribution in [0.25, 0.3) is 0 Å². The van der Waals surface area contributed by atoms with Crippen molar-refractivity contribution in [1.82, 2.24) is 4.90 Å². The third-order valence-electron chi connectivity index (χ3n) is 4.07. The van der Waals surface area contributed by atoms with E-state index in [2.05, 4.69) is 37.1 Å². The summed E-state index contributed by atoms with van der Waals surface area (Å²) in [6, 6.07) is 6.84. The third-order valence-corrected chi connectivity index (χ3v) is 4.58. The zero-order valence-electron chi connectivity index (χ0n) is 12.2. The van der Waals surface area contributed by atoms with Crippen molar-refractivity contribution in [3.8, 4) is 5.75 Å². The molecule has 0 amide bonds. The van der Waals surface area contributed by atoms with Crippen molar-refractivity contribution < 1.29 is 4.74 Å². The topological polar surface area (TPSA) is 12.5 Å². The van der Waals surface area contributed by atoms with Crippen LogP contribution in [0.3, 0.4) is 0 Å². The molecule has 0 spiro atoms. The average Bonchev–Trinajstić information content (AvgIpc) is 2.39. The van der Waals surface area contributed by atoms with Crippen LogP contribution in [0, 0.1) is 6.92 Å². The van der Waals surface area contributed by atoms with Gasteiger partial charge in [0.2, 0.25) is 0 Å². The summed E-state index contributed by atoms with van der Waals surface area (Å²) in [4.78, 5) is 2.38. The van der Waals surface area contributed by atoms with Gasteiger partial charge in [0, 0.05) is 23.5 Å². The van der Waals surface area contributed by atoms with Gasteiger partial charge in [-0.15, -0.1) is 11.6 Å². The quantitative estimate of drug-likeness (QED) is 0.774. The predicted octanol–water partition coefficient (Wildman–Crippen LogP) is 3.99. The summed E-state index contributed by atoms with van der Waals surface area (Å²) >= 11 is 6.48. The second-order valence-corrected chi connectivity index (χ2v) is 6.16. The molecular formula is C16H24ClNO. The van der Waals surface area contributed by atoms with E-state index in [0.717, 1.165) is 18.7 Å². The van der Waals surface area contributed by atoms with E-state index < -0.39 is 0 Å². The normalized spacial score (nSPS) is 23.6. The first-order chi connectivity index (χ1) is 9.11. The highest BCUT2D eigenvalue weighted by molar-refractivity contribution is 6.21. The number of aryl methyl sites for hydroxylation is 1. The van der Waals surface area contributed by atoms with Gasteiger partial charge in [-0.25, -0.2) is 0 Å². The molecule has 1 aliphatic rings. The summed E-state index contributed by atoms with van der Waals surface area (Å²) in [5, 5.41) is 0.287. The van der Waals surface area contributed by atoms with Gasteiger partial charge < -0.3 is 4.74 Å². The molecular weight excluding hydrogens is 258 g/mol. The van der Waals surface area contributed by atoms with E-state index in [9.17, 15) is 0 Å². The maximum atomic E-state index is 6.48. The Morgan fingerprint density at radius 1 is 1.32 bits per heavy atom. The number of halogens is 1. The predicted molar refractivity (Wildman–Crippen MR) is 81.1 cm³/mol. The fourth-order valence-corrected chi connectivity index (χ4v) is 3.45. The molecule has 1 saturated carbocycles. The standard InChI is InChI=1S/C16H24ClNO/c1-12-8-9-16(19-3)13(10-12)11-18(2)15-7-5-4-6-14(15)17/h8-10,14-15H,4-7,11H2,1-3H3. The van der Waals surface area contributed by atoms with E-state index in [1.807, 2.05) is 0 Å². The minimum Gasteiger partial charge on any atom is -0.496 e. The van der Waals surface area contributed by atoms with Crippen LogP contribution in [-0.4, -0.2) is 30.5 Å². The maximum Gasteiger partial charge on any atom is 0.123 e. The summed E-state index contributed by atoms with van der Waals surface area (Å²) in [7, 11) is 3.91. The molecule has 106 valence electrons. The molecule has 1 aromatic carbocycles. The van der Waals surface area contributed by atoms with Gasteiger partial charge in [-0.1, -0.05) is 30.5 Å². The van der Waals surface area contributed by atoms with E-state index in [1.165, 1.54) is 30.4 Å². The molecule has 2 rings (SSSR count). The van der Waals surface area contributed by atoms with E-state index in [4.69, 9.17) is 16.3 Å². The van der Waals surface area contributed by atoms with Crippen molar-refractivity contribution in [1.29, 1.82) is 0 Å². The Labute approximate surface area is 121 Å². The summed E-state index contributed by atoms with van der Waals surface area (Å²) in [6.07, 6.45) is 4.91. The number of nitrogens with zero attached hydrogens (tertiary/aromatic N) is 1. The van der Waals surface area contributed by atoms with Crippen LogP contribution in [0.15, 0.2) is 18.2 Å². The van der Waals surface area contributed by atoms with Gasteiger partial charge in [-0.3, -0.25) is 4.90 Å². The van der Waals surface area contributed by atoms with Gasteiger partial charge in [0.1, 0.15) is 5.75 Å². The van der Waals surface area contributed by atoms with Crippen molar-refractivity contribution in [2.75, 3.05) is 14.2 Å². The lowest BCUT2D eigenvalue weighted by atomic mass is 9.93. The van der Waals surface area contributed by atoms with Crippen LogP contribution >= 0.6 is 11.6 Å². The van der Waals surface area contributed by atoms with Crippen molar-refractivity contribution in [3.05, 3.63) is 29.3 Å². The number of hydrogen-bond donors (Lipinski definition) is 0. The molecule has 1 fully saturated rings. The average molecular weight is 282 g/mol. The Balaban J connectivity index is 2.09. The molecule has 2 nitrogen and oxygen atoms in total. The molecule has 2 atom stereocenters. The molecule has 1 aromatic rings. The Morgan fingerprint density at radius 2 is 2.05 bits per heavy atom. The lowest BCUT2D eigenvalue weighted by Crippen LogP contribution is -2.40. The van der Waals surface area contributed by atoms with E-state index >= 15 is 0 Å². The molecule has 0 heterocycles. The molecule has 0 aromatic heterocycles. The molecule has 0 saturated heterocycles. The lowest BCUT2D eigenvalue weighted by molar-refractivity contribution is 0.186. The van der Waals surface area contributed by atoms with Crippen LogP contribution in [0.5, 0.6) is 5.75 Å². The highest BCUT2D eigenvalue weighted by Crippen LogP contribution is 2.29. The van der Waals surface area contributed by atoms with E-state index in [1.54, 1.807) is 7.11 Å². The van der Waals surface area contributed by atoms with Gasteiger partial charge in [0.05, 0.1) is 7.11 Å². The Kier molecular flexibility index (Phi) is 5.12. The molecule has 3 heteroatoms. The highest BCUT2D eigenvalue weighted by Gasteiger charge is 2.26. The molecule has 0 N–H and O–H groups in total. The van der Waals surface area contributed by atoms with Crippen LogP contribution in [0.2, 0.25) is 0 Å². The number of methoxy groups -OCH3 is 1. The van der Waals surface area contributed by atoms with Crippen LogP contribution in [-0.2, 0) is 6.54 Å². The second kappa shape index (κ2) is 6.62. The first-order valence-corrected chi connectivity index (χ1v) is 7.53. The molecule has 0 aliphatic heterocycles. The largest absolute Gasteiger partial charge is 0.496 e. The fraction of sp³-hybridized carbons (Fsp3) is 0.625. The molecule has 0 radical (unpaired) electrons. The van der Waals surface area contributed by atoms with Crippen molar-refractivity contribution in [2.45, 2.75) is 50.6 Å². The smallest absolute Gasteiger partial charge is 0.123 e. The minimum atomic E-state index is 0.287. The lowest BCUT2D eigenvalue weighted by Gasteiger charge is -2.35. The number of rotatable bonds is 4. The van der Waals surface area contributed by atoms with Crippen LogP contribution < -0.4 is 4.74 Å². The summed E-state index contributed by atoms with van der Waals surface area (Å²) in [6.45, 7) is 3.02. The Morgan fingerprint density at radius 3 is 2.74 bits per heavy atom. The zero-order valence-corrected chi connectivity index (χ0v) is 12.9.